The van der Waals surface area contributed by atoms with Crippen LogP contribution in [0.25, 0.3) is 0 Å². The molecule has 3 nitrogen and oxygen atoms in total. The molecule has 0 amide bonds. The maximum atomic E-state index is 10.5. The van der Waals surface area contributed by atoms with Gasteiger partial charge in [-0.05, 0) is 25.2 Å². The highest BCUT2D eigenvalue weighted by Gasteiger charge is 2.62. The first-order valence-electron chi connectivity index (χ1n) is 4.67. The minimum Gasteiger partial charge on any atom is -0.481 e. The van der Waals surface area contributed by atoms with Gasteiger partial charge in [0.25, 0.3) is 0 Å². The molecule has 1 saturated heterocycles. The molecule has 1 N–H and O–H groups in total. The van der Waals surface area contributed by atoms with Crippen LogP contribution in [0.5, 0.6) is 0 Å². The van der Waals surface area contributed by atoms with Crippen LogP contribution in [-0.4, -0.2) is 34.6 Å². The molecule has 0 aromatic carbocycles. The smallest absolute Gasteiger partial charge is 0.309 e. The number of carbonyl (C=O) groups is 1. The summed E-state index contributed by atoms with van der Waals surface area (Å²) in [4.78, 5) is 12.9. The number of likely N-dealkylation sites (tertiary alicyclic amines) is 1. The van der Waals surface area contributed by atoms with E-state index >= 15 is 0 Å². The van der Waals surface area contributed by atoms with E-state index in [2.05, 4.69) is 4.90 Å². The van der Waals surface area contributed by atoms with Crippen LogP contribution in [0.1, 0.15) is 19.3 Å². The van der Waals surface area contributed by atoms with Crippen LogP contribution in [0.4, 0.5) is 0 Å². The van der Waals surface area contributed by atoms with Crippen LogP contribution in [-0.2, 0) is 4.79 Å². The molecule has 4 rings (SSSR count). The Morgan fingerprint density at radius 1 is 1.33 bits per heavy atom. The van der Waals surface area contributed by atoms with Crippen LogP contribution in [0.3, 0.4) is 0 Å². The lowest BCUT2D eigenvalue weighted by Crippen LogP contribution is -2.73. The van der Waals surface area contributed by atoms with E-state index in [0.29, 0.717) is 5.54 Å². The summed E-state index contributed by atoms with van der Waals surface area (Å²) in [5.74, 6) is 0.311. The van der Waals surface area contributed by atoms with Gasteiger partial charge >= 0.3 is 5.97 Å². The van der Waals surface area contributed by atoms with Crippen LogP contribution < -0.4 is 0 Å². The summed E-state index contributed by atoms with van der Waals surface area (Å²) in [5.41, 5.74) is 0.497. The molecule has 0 aromatic heterocycles. The molecule has 1 aliphatic heterocycles. The van der Waals surface area contributed by atoms with Crippen molar-refractivity contribution >= 4 is 5.97 Å². The second-order valence-electron chi connectivity index (χ2n) is 4.64. The highest BCUT2D eigenvalue weighted by Crippen LogP contribution is 2.61. The van der Waals surface area contributed by atoms with Crippen molar-refractivity contribution in [1.82, 2.24) is 4.90 Å². The van der Waals surface area contributed by atoms with Gasteiger partial charge in [-0.1, -0.05) is 0 Å². The summed E-state index contributed by atoms with van der Waals surface area (Å²) in [6.45, 7) is 1.62. The van der Waals surface area contributed by atoms with Gasteiger partial charge in [0.2, 0.25) is 0 Å². The highest BCUT2D eigenvalue weighted by molar-refractivity contribution is 5.71. The molecular weight excluding hydrogens is 154 g/mol. The average molecular weight is 167 g/mol. The van der Waals surface area contributed by atoms with Gasteiger partial charge in [-0.25, -0.2) is 0 Å². The zero-order valence-corrected chi connectivity index (χ0v) is 6.99. The van der Waals surface area contributed by atoms with E-state index in [1.165, 1.54) is 19.3 Å². The van der Waals surface area contributed by atoms with Crippen molar-refractivity contribution in [2.45, 2.75) is 24.8 Å². The number of hydrogen-bond donors (Lipinski definition) is 1. The van der Waals surface area contributed by atoms with Crippen molar-refractivity contribution in [3.8, 4) is 0 Å². The molecule has 0 spiro atoms. The molecule has 4 aliphatic rings. The third kappa shape index (κ3) is 0.637. The van der Waals surface area contributed by atoms with Gasteiger partial charge in [0, 0.05) is 18.6 Å². The lowest BCUT2D eigenvalue weighted by Gasteiger charge is -2.69. The lowest BCUT2D eigenvalue weighted by atomic mass is 9.48. The fraction of sp³-hybridized carbons (Fsp3) is 0.889. The molecule has 3 aliphatic carbocycles. The van der Waals surface area contributed by atoms with Gasteiger partial charge in [-0.3, -0.25) is 9.69 Å². The standard InChI is InChI=1S/C9H13NO2/c11-8(12)7-4-10(5-7)9-1-6(2-9)3-9/h6-7H,1-5H2,(H,11,12). The number of carboxylic acids is 1. The van der Waals surface area contributed by atoms with Crippen molar-refractivity contribution in [3.05, 3.63) is 0 Å². The third-order valence-corrected chi connectivity index (χ3v) is 3.91. The molecule has 1 heterocycles. The Bertz CT molecular complexity index is 228. The molecule has 66 valence electrons. The summed E-state index contributed by atoms with van der Waals surface area (Å²) >= 11 is 0. The monoisotopic (exact) mass is 167 g/mol. The number of aliphatic carboxylic acids is 1. The van der Waals surface area contributed by atoms with Gasteiger partial charge in [-0.15, -0.1) is 0 Å². The summed E-state index contributed by atoms with van der Waals surface area (Å²) < 4.78 is 0. The number of carboxylic acid groups (broad SMARTS) is 1. The summed E-state index contributed by atoms with van der Waals surface area (Å²) in [6.07, 6.45) is 4.04. The molecule has 0 radical (unpaired) electrons. The van der Waals surface area contributed by atoms with Crippen molar-refractivity contribution in [1.29, 1.82) is 0 Å². The Kier molecular flexibility index (Phi) is 1.06. The average Bonchev–Trinajstić information content (AvgIpc) is 1.66. The number of nitrogens with zero attached hydrogens (tertiary/aromatic N) is 1. The van der Waals surface area contributed by atoms with E-state index in [1.54, 1.807) is 0 Å². The van der Waals surface area contributed by atoms with Crippen LogP contribution >= 0.6 is 0 Å². The van der Waals surface area contributed by atoms with Crippen LogP contribution in [0.15, 0.2) is 0 Å². The molecule has 3 heteroatoms. The Morgan fingerprint density at radius 3 is 2.25 bits per heavy atom. The van der Waals surface area contributed by atoms with Crippen molar-refractivity contribution < 1.29 is 9.90 Å². The number of rotatable bonds is 2. The Hall–Kier alpha value is -0.570. The summed E-state index contributed by atoms with van der Waals surface area (Å²) in [6, 6.07) is 0. The zero-order chi connectivity index (χ0) is 8.34. The zero-order valence-electron chi connectivity index (χ0n) is 6.99. The van der Waals surface area contributed by atoms with E-state index in [-0.39, 0.29) is 5.92 Å². The SMILES string of the molecule is O=C(O)C1CN(C23CC(C2)C3)C1. The molecule has 3 saturated carbocycles. The first-order valence-corrected chi connectivity index (χ1v) is 4.67. The van der Waals surface area contributed by atoms with Gasteiger partial charge in [0.05, 0.1) is 5.92 Å². The minimum atomic E-state index is -0.613. The molecule has 0 unspecified atom stereocenters. The quantitative estimate of drug-likeness (QED) is 0.653. The van der Waals surface area contributed by atoms with Crippen molar-refractivity contribution in [3.63, 3.8) is 0 Å². The number of hydrogen-bond acceptors (Lipinski definition) is 2. The Labute approximate surface area is 71.4 Å². The van der Waals surface area contributed by atoms with E-state index in [0.717, 1.165) is 19.0 Å². The first kappa shape index (κ1) is 6.89. The second kappa shape index (κ2) is 1.84. The predicted octanol–water partition coefficient (Wildman–Crippen LogP) is 0.555. The van der Waals surface area contributed by atoms with Gasteiger partial charge in [-0.2, -0.15) is 0 Å². The Morgan fingerprint density at radius 2 is 1.92 bits per heavy atom. The fourth-order valence-corrected chi connectivity index (χ4v) is 2.84. The second-order valence-corrected chi connectivity index (χ2v) is 4.64. The molecular formula is C9H13NO2. The summed E-state index contributed by atoms with van der Waals surface area (Å²) in [7, 11) is 0. The van der Waals surface area contributed by atoms with E-state index < -0.39 is 5.97 Å². The minimum absolute atomic E-state index is 0.0703. The predicted molar refractivity (Wildman–Crippen MR) is 42.8 cm³/mol. The van der Waals surface area contributed by atoms with Gasteiger partial charge in [0.1, 0.15) is 0 Å². The molecule has 12 heavy (non-hydrogen) atoms. The topological polar surface area (TPSA) is 40.5 Å². The van der Waals surface area contributed by atoms with E-state index in [4.69, 9.17) is 5.11 Å². The molecule has 0 atom stereocenters. The Balaban J connectivity index is 1.59. The van der Waals surface area contributed by atoms with E-state index in [1.807, 2.05) is 0 Å². The lowest BCUT2D eigenvalue weighted by molar-refractivity contribution is -0.191. The normalized spacial score (nSPS) is 45.8. The van der Waals surface area contributed by atoms with E-state index in [9.17, 15) is 4.79 Å². The largest absolute Gasteiger partial charge is 0.481 e. The summed E-state index contributed by atoms with van der Waals surface area (Å²) in [5, 5.41) is 8.69. The maximum absolute atomic E-state index is 10.5. The maximum Gasteiger partial charge on any atom is 0.309 e. The van der Waals surface area contributed by atoms with Gasteiger partial charge in [0.15, 0.2) is 0 Å². The molecule has 4 fully saturated rings. The third-order valence-electron chi connectivity index (χ3n) is 3.91. The van der Waals surface area contributed by atoms with Crippen LogP contribution in [0.2, 0.25) is 0 Å². The highest BCUT2D eigenvalue weighted by atomic mass is 16.4. The van der Waals surface area contributed by atoms with Crippen molar-refractivity contribution in [2.75, 3.05) is 13.1 Å². The first-order chi connectivity index (χ1) is 5.70. The molecule has 0 aromatic rings. The molecule has 2 bridgehead atoms. The van der Waals surface area contributed by atoms with Gasteiger partial charge < -0.3 is 5.11 Å². The van der Waals surface area contributed by atoms with Crippen LogP contribution in [0, 0.1) is 11.8 Å². The van der Waals surface area contributed by atoms with Crippen molar-refractivity contribution in [2.24, 2.45) is 11.8 Å². The fourth-order valence-electron chi connectivity index (χ4n) is 2.84.